The molecule has 0 amide bonds. The monoisotopic (exact) mass is 195 g/mol. The molecule has 14 heavy (non-hydrogen) atoms. The maximum absolute atomic E-state index is 5.70. The van der Waals surface area contributed by atoms with Gasteiger partial charge in [0.15, 0.2) is 0 Å². The van der Waals surface area contributed by atoms with Crippen molar-refractivity contribution in [1.29, 1.82) is 0 Å². The second-order valence-corrected chi connectivity index (χ2v) is 4.28. The van der Waals surface area contributed by atoms with Gasteiger partial charge in [-0.15, -0.1) is 12.3 Å². The summed E-state index contributed by atoms with van der Waals surface area (Å²) in [7, 11) is 0. The Balaban J connectivity index is 2.23. The Hall–Kier alpha value is -0.520. The van der Waals surface area contributed by atoms with Crippen molar-refractivity contribution in [3.05, 3.63) is 0 Å². The lowest BCUT2D eigenvalue weighted by Gasteiger charge is -2.32. The van der Waals surface area contributed by atoms with Crippen LogP contribution in [0.3, 0.4) is 0 Å². The van der Waals surface area contributed by atoms with E-state index < -0.39 is 0 Å². The van der Waals surface area contributed by atoms with Gasteiger partial charge in [-0.3, -0.25) is 0 Å². The normalized spacial score (nSPS) is 27.6. The molecule has 2 heteroatoms. The molecular formula is C12H21NO. The van der Waals surface area contributed by atoms with Crippen LogP contribution in [0, 0.1) is 18.3 Å². The quantitative estimate of drug-likeness (QED) is 0.545. The van der Waals surface area contributed by atoms with E-state index in [9.17, 15) is 0 Å². The standard InChI is InChI=1S/C12H21NO/c1-4-5-7-13-11-6-8-14-12(9-11)10(2)3/h1,10-13H,5-9H2,2-3H3. The zero-order chi connectivity index (χ0) is 10.4. The maximum Gasteiger partial charge on any atom is 0.0612 e. The third-order valence-electron chi connectivity index (χ3n) is 2.76. The van der Waals surface area contributed by atoms with Crippen LogP contribution in [-0.4, -0.2) is 25.3 Å². The summed E-state index contributed by atoms with van der Waals surface area (Å²) >= 11 is 0. The Morgan fingerprint density at radius 1 is 1.57 bits per heavy atom. The van der Waals surface area contributed by atoms with Gasteiger partial charge in [-0.1, -0.05) is 13.8 Å². The number of terminal acetylenes is 1. The fourth-order valence-electron chi connectivity index (χ4n) is 1.83. The predicted molar refractivity (Wildman–Crippen MR) is 59.1 cm³/mol. The molecule has 0 bridgehead atoms. The van der Waals surface area contributed by atoms with Gasteiger partial charge in [0.05, 0.1) is 6.10 Å². The van der Waals surface area contributed by atoms with Gasteiger partial charge in [-0.2, -0.15) is 0 Å². The highest BCUT2D eigenvalue weighted by atomic mass is 16.5. The molecule has 0 radical (unpaired) electrons. The molecule has 1 rings (SSSR count). The third kappa shape index (κ3) is 3.69. The van der Waals surface area contributed by atoms with Crippen LogP contribution in [0.25, 0.3) is 0 Å². The van der Waals surface area contributed by atoms with E-state index in [-0.39, 0.29) is 0 Å². The lowest BCUT2D eigenvalue weighted by molar-refractivity contribution is -0.0241. The third-order valence-corrected chi connectivity index (χ3v) is 2.76. The molecule has 0 aromatic heterocycles. The minimum atomic E-state index is 0.423. The van der Waals surface area contributed by atoms with Gasteiger partial charge in [0.2, 0.25) is 0 Å². The predicted octanol–water partition coefficient (Wildman–Crippen LogP) is 1.80. The summed E-state index contributed by atoms with van der Waals surface area (Å²) in [4.78, 5) is 0. The zero-order valence-electron chi connectivity index (χ0n) is 9.25. The van der Waals surface area contributed by atoms with Crippen LogP contribution >= 0.6 is 0 Å². The van der Waals surface area contributed by atoms with E-state index in [2.05, 4.69) is 25.1 Å². The molecule has 1 fully saturated rings. The van der Waals surface area contributed by atoms with E-state index in [4.69, 9.17) is 11.2 Å². The molecule has 2 atom stereocenters. The molecule has 1 heterocycles. The van der Waals surface area contributed by atoms with Gasteiger partial charge in [0.1, 0.15) is 0 Å². The first-order valence-electron chi connectivity index (χ1n) is 5.52. The summed E-state index contributed by atoms with van der Waals surface area (Å²) in [6.45, 7) is 6.26. The summed E-state index contributed by atoms with van der Waals surface area (Å²) in [5.74, 6) is 3.27. The van der Waals surface area contributed by atoms with E-state index in [0.717, 1.165) is 32.4 Å². The Morgan fingerprint density at radius 2 is 2.36 bits per heavy atom. The fourth-order valence-corrected chi connectivity index (χ4v) is 1.83. The fraction of sp³-hybridized carbons (Fsp3) is 0.833. The van der Waals surface area contributed by atoms with Gasteiger partial charge in [0.25, 0.3) is 0 Å². The minimum Gasteiger partial charge on any atom is -0.378 e. The Kier molecular flexibility index (Phi) is 5.00. The number of ether oxygens (including phenoxy) is 1. The van der Waals surface area contributed by atoms with Gasteiger partial charge < -0.3 is 10.1 Å². The van der Waals surface area contributed by atoms with Crippen LogP contribution < -0.4 is 5.32 Å². The minimum absolute atomic E-state index is 0.423. The average Bonchev–Trinajstić information content (AvgIpc) is 2.19. The van der Waals surface area contributed by atoms with Crippen LogP contribution in [0.5, 0.6) is 0 Å². The number of hydrogen-bond donors (Lipinski definition) is 1. The smallest absolute Gasteiger partial charge is 0.0612 e. The van der Waals surface area contributed by atoms with Crippen molar-refractivity contribution in [2.45, 2.75) is 45.3 Å². The Morgan fingerprint density at radius 3 is 3.00 bits per heavy atom. The second kappa shape index (κ2) is 6.06. The first kappa shape index (κ1) is 11.6. The van der Waals surface area contributed by atoms with Crippen molar-refractivity contribution in [3.63, 3.8) is 0 Å². The lowest BCUT2D eigenvalue weighted by Crippen LogP contribution is -2.41. The summed E-state index contributed by atoms with van der Waals surface area (Å²) in [6, 6.07) is 0.601. The molecule has 1 saturated heterocycles. The van der Waals surface area contributed by atoms with Crippen LogP contribution in [0.2, 0.25) is 0 Å². The Bertz CT molecular complexity index is 195. The molecule has 1 N–H and O–H groups in total. The van der Waals surface area contributed by atoms with E-state index in [1.165, 1.54) is 0 Å². The molecule has 0 saturated carbocycles. The van der Waals surface area contributed by atoms with E-state index >= 15 is 0 Å². The van der Waals surface area contributed by atoms with Crippen LogP contribution in [0.4, 0.5) is 0 Å². The molecule has 0 aromatic rings. The molecule has 1 aliphatic rings. The summed E-state index contributed by atoms with van der Waals surface area (Å²) in [5.41, 5.74) is 0. The van der Waals surface area contributed by atoms with Crippen molar-refractivity contribution in [2.75, 3.05) is 13.2 Å². The van der Waals surface area contributed by atoms with Crippen LogP contribution in [0.1, 0.15) is 33.1 Å². The first-order chi connectivity index (χ1) is 6.74. The van der Waals surface area contributed by atoms with E-state index in [1.807, 2.05) is 0 Å². The molecule has 0 aliphatic carbocycles. The second-order valence-electron chi connectivity index (χ2n) is 4.28. The lowest BCUT2D eigenvalue weighted by atomic mass is 9.95. The molecule has 2 unspecified atom stereocenters. The van der Waals surface area contributed by atoms with Crippen LogP contribution in [-0.2, 0) is 4.74 Å². The van der Waals surface area contributed by atoms with Gasteiger partial charge in [-0.05, 0) is 18.8 Å². The first-order valence-corrected chi connectivity index (χ1v) is 5.52. The highest BCUT2D eigenvalue weighted by Crippen LogP contribution is 2.19. The van der Waals surface area contributed by atoms with Crippen molar-refractivity contribution in [3.8, 4) is 12.3 Å². The largest absolute Gasteiger partial charge is 0.378 e. The zero-order valence-corrected chi connectivity index (χ0v) is 9.25. The number of rotatable bonds is 4. The highest BCUT2D eigenvalue weighted by molar-refractivity contribution is 4.86. The topological polar surface area (TPSA) is 21.3 Å². The molecule has 2 nitrogen and oxygen atoms in total. The molecule has 1 aliphatic heterocycles. The maximum atomic E-state index is 5.70. The van der Waals surface area contributed by atoms with Crippen molar-refractivity contribution >= 4 is 0 Å². The molecular weight excluding hydrogens is 174 g/mol. The molecule has 0 aromatic carbocycles. The summed E-state index contributed by atoms with van der Waals surface area (Å²) < 4.78 is 5.70. The van der Waals surface area contributed by atoms with E-state index in [1.54, 1.807) is 0 Å². The summed E-state index contributed by atoms with van der Waals surface area (Å²) in [6.07, 6.45) is 8.70. The summed E-state index contributed by atoms with van der Waals surface area (Å²) in [5, 5.41) is 3.48. The Labute approximate surface area is 87.4 Å². The highest BCUT2D eigenvalue weighted by Gasteiger charge is 2.23. The van der Waals surface area contributed by atoms with Gasteiger partial charge in [-0.25, -0.2) is 0 Å². The van der Waals surface area contributed by atoms with E-state index in [0.29, 0.717) is 18.1 Å². The SMILES string of the molecule is C#CCCNC1CCOC(C(C)C)C1. The van der Waals surface area contributed by atoms with Crippen molar-refractivity contribution in [2.24, 2.45) is 5.92 Å². The van der Waals surface area contributed by atoms with Gasteiger partial charge in [0, 0.05) is 25.6 Å². The van der Waals surface area contributed by atoms with Gasteiger partial charge >= 0.3 is 0 Å². The average molecular weight is 195 g/mol. The van der Waals surface area contributed by atoms with Crippen molar-refractivity contribution in [1.82, 2.24) is 5.32 Å². The number of nitrogens with one attached hydrogen (secondary N) is 1. The number of hydrogen-bond acceptors (Lipinski definition) is 2. The van der Waals surface area contributed by atoms with Crippen molar-refractivity contribution < 1.29 is 4.74 Å². The molecule has 0 spiro atoms. The van der Waals surface area contributed by atoms with Crippen LogP contribution in [0.15, 0.2) is 0 Å². The molecule has 80 valence electrons.